The van der Waals surface area contributed by atoms with Gasteiger partial charge in [-0.15, -0.1) is 0 Å². The van der Waals surface area contributed by atoms with Gasteiger partial charge in [-0.25, -0.2) is 4.79 Å². The maximum Gasteiger partial charge on any atom is 0.326 e. The maximum absolute atomic E-state index is 13.5. The molecule has 9 heteroatoms. The van der Waals surface area contributed by atoms with Crippen LogP contribution < -0.4 is 14.8 Å². The molecule has 0 unspecified atom stereocenters. The van der Waals surface area contributed by atoms with E-state index < -0.39 is 36.0 Å². The molecule has 1 heterocycles. The smallest absolute Gasteiger partial charge is 0.326 e. The number of rotatable bonds is 11. The topological polar surface area (TPSA) is 114 Å². The normalized spacial score (nSPS) is 16.4. The molecule has 1 amide bonds. The van der Waals surface area contributed by atoms with Gasteiger partial charge in [-0.05, 0) is 55.5 Å². The van der Waals surface area contributed by atoms with Crippen molar-refractivity contribution >= 4 is 17.8 Å². The lowest BCUT2D eigenvalue weighted by Gasteiger charge is -2.37. The fourth-order valence-corrected chi connectivity index (χ4v) is 4.45. The lowest BCUT2D eigenvalue weighted by molar-refractivity contribution is -0.153. The van der Waals surface area contributed by atoms with Crippen LogP contribution in [0.1, 0.15) is 37.0 Å². The molecule has 0 radical (unpaired) electrons. The van der Waals surface area contributed by atoms with E-state index in [0.29, 0.717) is 24.3 Å². The Hall–Kier alpha value is -3.59. The minimum absolute atomic E-state index is 0.103. The predicted molar refractivity (Wildman–Crippen MR) is 133 cm³/mol. The Morgan fingerprint density at radius 1 is 1.08 bits per heavy atom. The van der Waals surface area contributed by atoms with E-state index >= 15 is 0 Å². The van der Waals surface area contributed by atoms with Crippen LogP contribution in [-0.2, 0) is 38.5 Å². The number of aliphatic carboxylic acids is 1. The van der Waals surface area contributed by atoms with Gasteiger partial charge in [0.05, 0.1) is 26.9 Å². The van der Waals surface area contributed by atoms with Crippen molar-refractivity contribution in [2.75, 3.05) is 20.8 Å². The van der Waals surface area contributed by atoms with Crippen molar-refractivity contribution in [2.24, 2.45) is 0 Å². The number of carbonyl (C=O) groups excluding carboxylic acids is 2. The number of carboxylic acid groups (broad SMARTS) is 1. The third-order valence-electron chi connectivity index (χ3n) is 6.36. The van der Waals surface area contributed by atoms with Crippen LogP contribution in [0.2, 0.25) is 0 Å². The van der Waals surface area contributed by atoms with Gasteiger partial charge in [-0.1, -0.05) is 30.3 Å². The standard InChI is InChI=1S/C27H34N2O7/c1-5-36-27(33)21(12-11-18-9-7-6-8-10-18)28-17(2)25(30)29-16-20-15-24(35-4)23(34-3)14-19(20)13-22(29)26(31)32/h6-10,14-15,17,21-22,28H,5,11-13,16H2,1-4H3,(H,31,32)/t17-,21-,22-/m1/s1. The van der Waals surface area contributed by atoms with E-state index in [-0.39, 0.29) is 19.6 Å². The van der Waals surface area contributed by atoms with Gasteiger partial charge in [-0.2, -0.15) is 0 Å². The highest BCUT2D eigenvalue weighted by Gasteiger charge is 2.38. The molecule has 1 aliphatic rings. The first-order chi connectivity index (χ1) is 17.3. The summed E-state index contributed by atoms with van der Waals surface area (Å²) in [5, 5.41) is 13.0. The summed E-state index contributed by atoms with van der Waals surface area (Å²) in [6.45, 7) is 3.69. The Balaban J connectivity index is 1.79. The summed E-state index contributed by atoms with van der Waals surface area (Å²) in [5.74, 6) is -0.930. The zero-order chi connectivity index (χ0) is 26.2. The molecule has 9 nitrogen and oxygen atoms in total. The van der Waals surface area contributed by atoms with Crippen LogP contribution in [0.5, 0.6) is 11.5 Å². The number of methoxy groups -OCH3 is 2. The van der Waals surface area contributed by atoms with Gasteiger partial charge in [0.2, 0.25) is 5.91 Å². The lowest BCUT2D eigenvalue weighted by atomic mass is 9.92. The highest BCUT2D eigenvalue weighted by molar-refractivity contribution is 5.88. The van der Waals surface area contributed by atoms with Crippen LogP contribution >= 0.6 is 0 Å². The fraction of sp³-hybridized carbons (Fsp3) is 0.444. The van der Waals surface area contributed by atoms with Gasteiger partial charge < -0.3 is 24.2 Å². The Morgan fingerprint density at radius 3 is 2.31 bits per heavy atom. The summed E-state index contributed by atoms with van der Waals surface area (Å²) in [6, 6.07) is 10.7. The third-order valence-corrected chi connectivity index (χ3v) is 6.36. The zero-order valence-electron chi connectivity index (χ0n) is 21.2. The number of carboxylic acids is 1. The average molecular weight is 499 g/mol. The number of nitrogens with one attached hydrogen (secondary N) is 1. The average Bonchev–Trinajstić information content (AvgIpc) is 2.89. The molecule has 0 saturated heterocycles. The van der Waals surface area contributed by atoms with Gasteiger partial charge in [0.15, 0.2) is 11.5 Å². The summed E-state index contributed by atoms with van der Waals surface area (Å²) < 4.78 is 15.9. The second-order valence-corrected chi connectivity index (χ2v) is 8.72. The molecule has 0 saturated carbocycles. The summed E-state index contributed by atoms with van der Waals surface area (Å²) in [5.41, 5.74) is 2.64. The highest BCUT2D eigenvalue weighted by Crippen LogP contribution is 2.35. The van der Waals surface area contributed by atoms with Crippen LogP contribution in [0, 0.1) is 0 Å². The highest BCUT2D eigenvalue weighted by atomic mass is 16.5. The summed E-state index contributed by atoms with van der Waals surface area (Å²) in [7, 11) is 3.04. The molecule has 2 N–H and O–H groups in total. The van der Waals surface area contributed by atoms with Crippen molar-refractivity contribution in [3.05, 3.63) is 59.2 Å². The number of carbonyl (C=O) groups is 3. The molecule has 2 aromatic rings. The van der Waals surface area contributed by atoms with Crippen molar-refractivity contribution in [2.45, 2.75) is 57.8 Å². The van der Waals surface area contributed by atoms with Crippen LogP contribution in [0.15, 0.2) is 42.5 Å². The minimum Gasteiger partial charge on any atom is -0.493 e. The predicted octanol–water partition coefficient (Wildman–Crippen LogP) is 2.58. The van der Waals surface area contributed by atoms with Crippen LogP contribution in [-0.4, -0.2) is 66.8 Å². The number of fused-ring (bicyclic) bond motifs is 1. The molecule has 3 rings (SSSR count). The van der Waals surface area contributed by atoms with Crippen molar-refractivity contribution in [1.82, 2.24) is 10.2 Å². The van der Waals surface area contributed by atoms with E-state index in [4.69, 9.17) is 14.2 Å². The molecule has 2 aromatic carbocycles. The van der Waals surface area contributed by atoms with E-state index in [9.17, 15) is 19.5 Å². The Morgan fingerprint density at radius 2 is 1.72 bits per heavy atom. The molecule has 0 aliphatic carbocycles. The first-order valence-corrected chi connectivity index (χ1v) is 12.0. The molecular formula is C27H34N2O7. The largest absolute Gasteiger partial charge is 0.493 e. The molecule has 0 bridgehead atoms. The first kappa shape index (κ1) is 27.0. The van der Waals surface area contributed by atoms with E-state index in [0.717, 1.165) is 16.7 Å². The number of hydrogen-bond acceptors (Lipinski definition) is 7. The van der Waals surface area contributed by atoms with E-state index in [2.05, 4.69) is 5.32 Å². The first-order valence-electron chi connectivity index (χ1n) is 12.0. The van der Waals surface area contributed by atoms with E-state index in [1.165, 1.54) is 19.1 Å². The van der Waals surface area contributed by atoms with E-state index in [1.54, 1.807) is 26.0 Å². The number of nitrogens with zero attached hydrogens (tertiary/aromatic N) is 1. The molecule has 194 valence electrons. The summed E-state index contributed by atoms with van der Waals surface area (Å²) >= 11 is 0. The molecule has 0 fully saturated rings. The van der Waals surface area contributed by atoms with Crippen molar-refractivity contribution in [3.63, 3.8) is 0 Å². The number of ether oxygens (including phenoxy) is 3. The zero-order valence-corrected chi connectivity index (χ0v) is 21.2. The molecule has 0 aromatic heterocycles. The fourth-order valence-electron chi connectivity index (χ4n) is 4.45. The number of amides is 1. The summed E-state index contributed by atoms with van der Waals surface area (Å²) in [6.07, 6.45) is 1.19. The van der Waals surface area contributed by atoms with Gasteiger partial charge in [0.25, 0.3) is 0 Å². The van der Waals surface area contributed by atoms with Gasteiger partial charge in [0.1, 0.15) is 12.1 Å². The maximum atomic E-state index is 13.5. The van der Waals surface area contributed by atoms with Gasteiger partial charge in [0, 0.05) is 13.0 Å². The quantitative estimate of drug-likeness (QED) is 0.455. The Bertz CT molecular complexity index is 1070. The van der Waals surface area contributed by atoms with Gasteiger partial charge >= 0.3 is 11.9 Å². The van der Waals surface area contributed by atoms with Crippen molar-refractivity contribution < 1.29 is 33.7 Å². The number of benzene rings is 2. The SMILES string of the molecule is CCOC(=O)[C@@H](CCc1ccccc1)N[C@H](C)C(=O)N1Cc2cc(OC)c(OC)cc2C[C@@H]1C(=O)O. The van der Waals surface area contributed by atoms with Crippen molar-refractivity contribution in [3.8, 4) is 11.5 Å². The molecule has 0 spiro atoms. The van der Waals surface area contributed by atoms with Gasteiger partial charge in [-0.3, -0.25) is 14.9 Å². The van der Waals surface area contributed by atoms with Crippen LogP contribution in [0.3, 0.4) is 0 Å². The van der Waals surface area contributed by atoms with E-state index in [1.807, 2.05) is 30.3 Å². The summed E-state index contributed by atoms with van der Waals surface area (Å²) in [4.78, 5) is 39.6. The second-order valence-electron chi connectivity index (χ2n) is 8.72. The third kappa shape index (κ3) is 6.34. The van der Waals surface area contributed by atoms with Crippen LogP contribution in [0.4, 0.5) is 0 Å². The monoisotopic (exact) mass is 498 g/mol. The molecule has 1 aliphatic heterocycles. The molecule has 3 atom stereocenters. The van der Waals surface area contributed by atoms with Crippen LogP contribution in [0.25, 0.3) is 0 Å². The minimum atomic E-state index is -1.10. The Labute approximate surface area is 211 Å². The number of esters is 1. The second kappa shape index (κ2) is 12.4. The lowest BCUT2D eigenvalue weighted by Crippen LogP contribution is -2.56. The number of hydrogen-bond donors (Lipinski definition) is 2. The number of aryl methyl sites for hydroxylation is 1. The Kier molecular flexibility index (Phi) is 9.30. The molecule has 36 heavy (non-hydrogen) atoms. The molecular weight excluding hydrogens is 464 g/mol. The van der Waals surface area contributed by atoms with Crippen molar-refractivity contribution in [1.29, 1.82) is 0 Å².